The molecule has 2 aromatic carbocycles. The lowest BCUT2D eigenvalue weighted by molar-refractivity contribution is -0.123. The summed E-state index contributed by atoms with van der Waals surface area (Å²) >= 11 is 3.40. The van der Waals surface area contributed by atoms with Crippen LogP contribution in [-0.2, 0) is 11.2 Å². The van der Waals surface area contributed by atoms with Gasteiger partial charge in [0, 0.05) is 15.7 Å². The van der Waals surface area contributed by atoms with Crippen LogP contribution in [-0.4, -0.2) is 37.7 Å². The Balaban J connectivity index is 1.59. The molecule has 0 saturated heterocycles. The summed E-state index contributed by atoms with van der Waals surface area (Å²) in [6.45, 7) is -0.513. The van der Waals surface area contributed by atoms with Crippen LogP contribution in [0.4, 0.5) is 18.9 Å². The lowest BCUT2D eigenvalue weighted by Gasteiger charge is -2.19. The Morgan fingerprint density at radius 1 is 1.03 bits per heavy atom. The lowest BCUT2D eigenvalue weighted by Crippen LogP contribution is -2.33. The van der Waals surface area contributed by atoms with Crippen LogP contribution in [0.2, 0.25) is 0 Å². The van der Waals surface area contributed by atoms with Crippen molar-refractivity contribution in [2.45, 2.75) is 12.6 Å². The number of hydrogen-bond donors (Lipinski definition) is 2. The average molecular weight is 473 g/mol. The summed E-state index contributed by atoms with van der Waals surface area (Å²) in [7, 11) is 0. The number of carbonyl (C=O) groups is 2. The molecule has 0 aromatic heterocycles. The van der Waals surface area contributed by atoms with Crippen LogP contribution in [0.5, 0.6) is 11.5 Å². The predicted molar refractivity (Wildman–Crippen MR) is 102 cm³/mol. The van der Waals surface area contributed by atoms with Gasteiger partial charge >= 0.3 is 6.18 Å². The molecule has 1 aliphatic heterocycles. The van der Waals surface area contributed by atoms with E-state index >= 15 is 0 Å². The number of alkyl halides is 3. The summed E-state index contributed by atoms with van der Waals surface area (Å²) < 4.78 is 48.2. The normalized spacial score (nSPS) is 13.0. The van der Waals surface area contributed by atoms with E-state index in [1.54, 1.807) is 17.4 Å². The smallest absolute Gasteiger partial charge is 0.405 e. The quantitative estimate of drug-likeness (QED) is 0.695. The van der Waals surface area contributed by atoms with E-state index in [4.69, 9.17) is 9.47 Å². The topological polar surface area (TPSA) is 76.7 Å². The minimum absolute atomic E-state index is 0.0572. The van der Waals surface area contributed by atoms with Gasteiger partial charge in [-0.3, -0.25) is 9.59 Å². The number of rotatable bonds is 5. The summed E-state index contributed by atoms with van der Waals surface area (Å²) in [4.78, 5) is 24.0. The molecule has 0 unspecified atom stereocenters. The number of carbonyl (C=O) groups excluding carboxylic acids is 2. The third-order valence-electron chi connectivity index (χ3n) is 3.94. The highest BCUT2D eigenvalue weighted by Gasteiger charge is 2.27. The first-order valence-electron chi connectivity index (χ1n) is 8.54. The van der Waals surface area contributed by atoms with Crippen molar-refractivity contribution in [3.05, 3.63) is 52.0 Å². The molecule has 0 atom stereocenters. The molecule has 10 heteroatoms. The zero-order valence-corrected chi connectivity index (χ0v) is 16.5. The van der Waals surface area contributed by atoms with Gasteiger partial charge in [-0.15, -0.1) is 0 Å². The van der Waals surface area contributed by atoms with Gasteiger partial charge in [-0.1, -0.05) is 15.9 Å². The summed E-state index contributed by atoms with van der Waals surface area (Å²) in [6.07, 6.45) is -4.42. The molecule has 0 radical (unpaired) electrons. The number of anilines is 1. The Kier molecular flexibility index (Phi) is 6.31. The lowest BCUT2D eigenvalue weighted by atomic mass is 10.1. The molecule has 0 fully saturated rings. The molecular weight excluding hydrogens is 457 g/mol. The maximum absolute atomic E-state index is 12.3. The zero-order valence-electron chi connectivity index (χ0n) is 14.9. The van der Waals surface area contributed by atoms with E-state index in [2.05, 4.69) is 21.2 Å². The van der Waals surface area contributed by atoms with Crippen molar-refractivity contribution >= 4 is 33.4 Å². The van der Waals surface area contributed by atoms with Crippen molar-refractivity contribution in [3.8, 4) is 11.5 Å². The molecule has 154 valence electrons. The standard InChI is InChI=1S/C19H16BrF3N2O4/c20-14-9-16-15(28-5-6-29-16)7-12(14)8-17(26)25-13-3-1-11(2-4-13)18(27)24-10-19(21,22)23/h1-4,7,9H,5-6,8,10H2,(H,24,27)(H,25,26). The number of fused-ring (bicyclic) bond motifs is 1. The van der Waals surface area contributed by atoms with Gasteiger partial charge in [0.15, 0.2) is 11.5 Å². The van der Waals surface area contributed by atoms with Gasteiger partial charge in [0.25, 0.3) is 5.91 Å². The van der Waals surface area contributed by atoms with Crippen LogP contribution in [0.15, 0.2) is 40.9 Å². The molecule has 0 aliphatic carbocycles. The van der Waals surface area contributed by atoms with Crippen molar-refractivity contribution in [1.29, 1.82) is 0 Å². The monoisotopic (exact) mass is 472 g/mol. The first-order valence-corrected chi connectivity index (χ1v) is 9.33. The Labute approximate surface area is 172 Å². The van der Waals surface area contributed by atoms with Crippen LogP contribution in [0.3, 0.4) is 0 Å². The van der Waals surface area contributed by atoms with E-state index in [-0.39, 0.29) is 17.9 Å². The van der Waals surface area contributed by atoms with Crippen LogP contribution < -0.4 is 20.1 Å². The third kappa shape index (κ3) is 5.86. The summed E-state index contributed by atoms with van der Waals surface area (Å²) in [5.74, 6) is 0.0141. The van der Waals surface area contributed by atoms with Gasteiger partial charge in [0.2, 0.25) is 5.91 Å². The molecular formula is C19H16BrF3N2O4. The minimum Gasteiger partial charge on any atom is -0.486 e. The largest absolute Gasteiger partial charge is 0.486 e. The van der Waals surface area contributed by atoms with Crippen molar-refractivity contribution < 1.29 is 32.2 Å². The molecule has 0 saturated carbocycles. The molecule has 0 bridgehead atoms. The van der Waals surface area contributed by atoms with E-state index in [1.807, 2.05) is 0 Å². The van der Waals surface area contributed by atoms with E-state index in [9.17, 15) is 22.8 Å². The second-order valence-electron chi connectivity index (χ2n) is 6.19. The Morgan fingerprint density at radius 2 is 1.66 bits per heavy atom. The first-order chi connectivity index (χ1) is 13.7. The van der Waals surface area contributed by atoms with Crippen LogP contribution in [0, 0.1) is 0 Å². The van der Waals surface area contributed by atoms with Gasteiger partial charge in [-0.25, -0.2) is 0 Å². The number of ether oxygens (including phenoxy) is 2. The zero-order chi connectivity index (χ0) is 21.0. The van der Waals surface area contributed by atoms with E-state index in [0.29, 0.717) is 40.4 Å². The molecule has 2 amide bonds. The van der Waals surface area contributed by atoms with E-state index in [0.717, 1.165) is 0 Å². The van der Waals surface area contributed by atoms with Gasteiger partial charge in [-0.2, -0.15) is 13.2 Å². The van der Waals surface area contributed by atoms with Crippen LogP contribution in [0.25, 0.3) is 0 Å². The Hall–Kier alpha value is -2.75. The molecule has 0 spiro atoms. The fraction of sp³-hybridized carbons (Fsp3) is 0.263. The van der Waals surface area contributed by atoms with Crippen molar-refractivity contribution in [3.63, 3.8) is 0 Å². The summed E-state index contributed by atoms with van der Waals surface area (Å²) in [5.41, 5.74) is 1.17. The van der Waals surface area contributed by atoms with E-state index in [1.165, 1.54) is 24.3 Å². The van der Waals surface area contributed by atoms with Crippen LogP contribution in [0.1, 0.15) is 15.9 Å². The first kappa shape index (κ1) is 21.0. The molecule has 1 heterocycles. The highest BCUT2D eigenvalue weighted by molar-refractivity contribution is 9.10. The van der Waals surface area contributed by atoms with Crippen LogP contribution >= 0.6 is 15.9 Å². The average Bonchev–Trinajstić information content (AvgIpc) is 2.66. The maximum Gasteiger partial charge on any atom is 0.405 e. The SMILES string of the molecule is O=C(Cc1cc2c(cc1Br)OCCO2)Nc1ccc(C(=O)NCC(F)(F)F)cc1. The number of benzene rings is 2. The minimum atomic E-state index is -4.48. The highest BCUT2D eigenvalue weighted by Crippen LogP contribution is 2.35. The van der Waals surface area contributed by atoms with E-state index < -0.39 is 18.6 Å². The second kappa shape index (κ2) is 8.73. The number of amides is 2. The third-order valence-corrected chi connectivity index (χ3v) is 4.68. The number of nitrogens with one attached hydrogen (secondary N) is 2. The number of halogens is 4. The second-order valence-corrected chi connectivity index (χ2v) is 7.04. The molecule has 3 rings (SSSR count). The van der Waals surface area contributed by atoms with Crippen molar-refractivity contribution in [2.75, 3.05) is 25.1 Å². The molecule has 2 aromatic rings. The Morgan fingerprint density at radius 3 is 2.28 bits per heavy atom. The Bertz CT molecular complexity index is 917. The van der Waals surface area contributed by atoms with Crippen molar-refractivity contribution in [1.82, 2.24) is 5.32 Å². The molecule has 2 N–H and O–H groups in total. The predicted octanol–water partition coefficient (Wildman–Crippen LogP) is 3.69. The summed E-state index contributed by atoms with van der Waals surface area (Å²) in [5, 5.41) is 4.46. The van der Waals surface area contributed by atoms with Gasteiger partial charge in [0.1, 0.15) is 19.8 Å². The highest BCUT2D eigenvalue weighted by atomic mass is 79.9. The van der Waals surface area contributed by atoms with Gasteiger partial charge in [0.05, 0.1) is 6.42 Å². The maximum atomic E-state index is 12.3. The fourth-order valence-electron chi connectivity index (χ4n) is 2.61. The van der Waals surface area contributed by atoms with Crippen molar-refractivity contribution in [2.24, 2.45) is 0 Å². The fourth-order valence-corrected chi connectivity index (χ4v) is 3.07. The summed E-state index contributed by atoms with van der Waals surface area (Å²) in [6, 6.07) is 9.03. The molecule has 29 heavy (non-hydrogen) atoms. The molecule has 1 aliphatic rings. The van der Waals surface area contributed by atoms with Gasteiger partial charge in [-0.05, 0) is 42.0 Å². The number of hydrogen-bond acceptors (Lipinski definition) is 4. The van der Waals surface area contributed by atoms with Gasteiger partial charge < -0.3 is 20.1 Å². The molecule has 6 nitrogen and oxygen atoms in total.